The van der Waals surface area contributed by atoms with Crippen LogP contribution in [0.3, 0.4) is 0 Å². The molecule has 1 unspecified atom stereocenters. The van der Waals surface area contributed by atoms with Gasteiger partial charge in [-0.15, -0.1) is 0 Å². The maximum Gasteiger partial charge on any atom is 0.0565 e. The molecule has 39 heavy (non-hydrogen) atoms. The van der Waals surface area contributed by atoms with Crippen molar-refractivity contribution >= 4 is 28.2 Å². The Hall–Kier alpha value is -3.78. The first-order valence-electron chi connectivity index (χ1n) is 14.1. The number of aryl methyl sites for hydroxylation is 1. The van der Waals surface area contributed by atoms with Crippen LogP contribution >= 0.6 is 0 Å². The van der Waals surface area contributed by atoms with Crippen molar-refractivity contribution in [3.05, 3.63) is 125 Å². The van der Waals surface area contributed by atoms with E-state index in [1.54, 1.807) is 0 Å². The Kier molecular flexibility index (Phi) is 6.93. The molecule has 0 N–H and O–H groups in total. The molecule has 0 aromatic heterocycles. The van der Waals surface area contributed by atoms with Gasteiger partial charge in [0.2, 0.25) is 0 Å². The molecule has 0 saturated heterocycles. The van der Waals surface area contributed by atoms with Crippen molar-refractivity contribution in [1.29, 1.82) is 0 Å². The monoisotopic (exact) mass is 514 g/mol. The predicted octanol–water partition coefficient (Wildman–Crippen LogP) is 9.26. The molecule has 0 radical (unpaired) electrons. The summed E-state index contributed by atoms with van der Waals surface area (Å²) in [7, 11) is 4.40. The maximum absolute atomic E-state index is 2.42. The summed E-state index contributed by atoms with van der Waals surface area (Å²) in [6, 6.07) is 18.0. The van der Waals surface area contributed by atoms with Gasteiger partial charge in [-0.05, 0) is 65.1 Å². The van der Waals surface area contributed by atoms with Gasteiger partial charge in [0.15, 0.2) is 0 Å². The summed E-state index contributed by atoms with van der Waals surface area (Å²) in [6.45, 7) is 13.7. The molecule has 0 amide bonds. The van der Waals surface area contributed by atoms with Gasteiger partial charge >= 0.3 is 0 Å². The van der Waals surface area contributed by atoms with Crippen LogP contribution < -0.4 is 9.80 Å². The second-order valence-corrected chi connectivity index (χ2v) is 12.0. The van der Waals surface area contributed by atoms with Crippen LogP contribution in [0.2, 0.25) is 0 Å². The number of allylic oxidation sites excluding steroid dienone is 8. The Morgan fingerprint density at radius 1 is 0.769 bits per heavy atom. The van der Waals surface area contributed by atoms with Gasteiger partial charge in [0.1, 0.15) is 0 Å². The van der Waals surface area contributed by atoms with Crippen molar-refractivity contribution in [2.24, 2.45) is 0 Å². The van der Waals surface area contributed by atoms with Gasteiger partial charge in [-0.3, -0.25) is 0 Å². The first kappa shape index (κ1) is 26.8. The Labute approximate surface area is 235 Å². The first-order chi connectivity index (χ1) is 18.6. The molecule has 2 heteroatoms. The van der Waals surface area contributed by atoms with Gasteiger partial charge in [-0.25, -0.2) is 0 Å². The molecule has 0 spiro atoms. The summed E-state index contributed by atoms with van der Waals surface area (Å²) < 4.78 is 0. The van der Waals surface area contributed by atoms with Crippen molar-refractivity contribution in [2.75, 3.05) is 23.9 Å². The summed E-state index contributed by atoms with van der Waals surface area (Å²) in [5, 5.41) is 2.65. The minimum absolute atomic E-state index is 0.0212. The van der Waals surface area contributed by atoms with Gasteiger partial charge in [0, 0.05) is 42.0 Å². The van der Waals surface area contributed by atoms with E-state index in [1.807, 2.05) is 0 Å². The van der Waals surface area contributed by atoms with Crippen molar-refractivity contribution < 1.29 is 0 Å². The Bertz CT molecular complexity index is 1560. The topological polar surface area (TPSA) is 6.48 Å². The minimum atomic E-state index is -0.0588. The number of nitrogens with zero attached hydrogens (tertiary/aromatic N) is 2. The number of rotatable bonds is 5. The van der Waals surface area contributed by atoms with Gasteiger partial charge in [-0.2, -0.15) is 0 Å². The summed E-state index contributed by atoms with van der Waals surface area (Å²) in [5.41, 5.74) is 9.48. The summed E-state index contributed by atoms with van der Waals surface area (Å²) >= 11 is 0. The van der Waals surface area contributed by atoms with E-state index in [-0.39, 0.29) is 10.8 Å². The molecule has 2 nitrogen and oxygen atoms in total. The van der Waals surface area contributed by atoms with Crippen molar-refractivity contribution in [3.8, 4) is 0 Å². The largest absolute Gasteiger partial charge is 0.367 e. The number of hydrogen-bond acceptors (Lipinski definition) is 2. The molecule has 0 bridgehead atoms. The average Bonchev–Trinajstić information content (AvgIpc) is 3.22. The zero-order valence-electron chi connectivity index (χ0n) is 24.8. The normalized spacial score (nSPS) is 21.0. The lowest BCUT2D eigenvalue weighted by molar-refractivity contribution is 0.487. The Morgan fingerprint density at radius 2 is 1.46 bits per heavy atom. The van der Waals surface area contributed by atoms with Crippen molar-refractivity contribution in [2.45, 2.75) is 58.4 Å². The van der Waals surface area contributed by atoms with E-state index in [0.717, 1.165) is 0 Å². The fourth-order valence-electron chi connectivity index (χ4n) is 6.92. The van der Waals surface area contributed by atoms with Gasteiger partial charge in [-0.1, -0.05) is 113 Å². The van der Waals surface area contributed by atoms with Crippen LogP contribution in [-0.2, 0) is 10.8 Å². The third kappa shape index (κ3) is 4.36. The number of likely N-dealkylation sites (N-methyl/N-ethyl adjacent to an activating group) is 2. The zero-order chi connectivity index (χ0) is 27.9. The summed E-state index contributed by atoms with van der Waals surface area (Å²) in [5.74, 6) is 0. The van der Waals surface area contributed by atoms with Crippen molar-refractivity contribution in [3.63, 3.8) is 0 Å². The van der Waals surface area contributed by atoms with Crippen LogP contribution in [0, 0.1) is 6.92 Å². The number of anilines is 2. The summed E-state index contributed by atoms with van der Waals surface area (Å²) in [4.78, 5) is 4.76. The van der Waals surface area contributed by atoms with Gasteiger partial charge in [0.05, 0.1) is 6.04 Å². The van der Waals surface area contributed by atoms with Crippen LogP contribution in [-0.4, -0.2) is 20.1 Å². The molecular formula is C37H42N2. The molecule has 3 aromatic carbocycles. The Balaban J connectivity index is 1.33. The third-order valence-electron chi connectivity index (χ3n) is 8.84. The van der Waals surface area contributed by atoms with Crippen LogP contribution in [0.15, 0.2) is 103 Å². The molecule has 2 aliphatic heterocycles. The van der Waals surface area contributed by atoms with Gasteiger partial charge in [0.25, 0.3) is 0 Å². The molecular weight excluding hydrogens is 472 g/mol. The summed E-state index contributed by atoms with van der Waals surface area (Å²) in [6.07, 6.45) is 19.8. The van der Waals surface area contributed by atoms with E-state index in [2.05, 4.69) is 169 Å². The molecule has 0 aliphatic carbocycles. The lowest BCUT2D eigenvalue weighted by Crippen LogP contribution is -2.37. The van der Waals surface area contributed by atoms with E-state index in [1.165, 1.54) is 50.1 Å². The van der Waals surface area contributed by atoms with Gasteiger partial charge < -0.3 is 9.80 Å². The average molecular weight is 515 g/mol. The highest BCUT2D eigenvalue weighted by molar-refractivity contribution is 5.94. The van der Waals surface area contributed by atoms with Crippen LogP contribution in [0.1, 0.15) is 56.9 Å². The second-order valence-electron chi connectivity index (χ2n) is 12.0. The second kappa shape index (κ2) is 10.1. The molecule has 3 aromatic rings. The predicted molar refractivity (Wildman–Crippen MR) is 172 cm³/mol. The molecule has 5 rings (SSSR count). The Morgan fingerprint density at radius 3 is 2.23 bits per heavy atom. The fourth-order valence-corrected chi connectivity index (χ4v) is 6.92. The first-order valence-corrected chi connectivity index (χ1v) is 14.1. The maximum atomic E-state index is 2.42. The van der Waals surface area contributed by atoms with Crippen LogP contribution in [0.25, 0.3) is 16.8 Å². The molecule has 0 saturated carbocycles. The SMILES string of the molecule is C/C=C\c1c(C)ccc2c1C(C)(C)C(/C=C/C=C/C=C/C=C1/N(C)c3ccc4ccccc4c3C1(C)C)N2C. The highest BCUT2D eigenvalue weighted by Gasteiger charge is 2.43. The van der Waals surface area contributed by atoms with E-state index in [4.69, 9.17) is 0 Å². The van der Waals surface area contributed by atoms with E-state index in [0.29, 0.717) is 6.04 Å². The van der Waals surface area contributed by atoms with Crippen LogP contribution in [0.5, 0.6) is 0 Å². The number of hydrogen-bond donors (Lipinski definition) is 0. The van der Waals surface area contributed by atoms with Crippen LogP contribution in [0.4, 0.5) is 11.4 Å². The highest BCUT2D eigenvalue weighted by Crippen LogP contribution is 2.50. The minimum Gasteiger partial charge on any atom is -0.367 e. The molecule has 200 valence electrons. The fraction of sp³-hybridized carbons (Fsp3) is 0.297. The number of benzene rings is 3. The quantitative estimate of drug-likeness (QED) is 0.313. The van der Waals surface area contributed by atoms with E-state index in [9.17, 15) is 0 Å². The highest BCUT2D eigenvalue weighted by atomic mass is 15.2. The lowest BCUT2D eigenvalue weighted by atomic mass is 9.77. The van der Waals surface area contributed by atoms with E-state index >= 15 is 0 Å². The lowest BCUT2D eigenvalue weighted by Gasteiger charge is -2.30. The van der Waals surface area contributed by atoms with E-state index < -0.39 is 0 Å². The zero-order valence-corrected chi connectivity index (χ0v) is 24.8. The molecule has 1 atom stereocenters. The molecule has 2 heterocycles. The molecule has 2 aliphatic rings. The third-order valence-corrected chi connectivity index (χ3v) is 8.84. The standard InChI is InChI=1S/C37H42N2/c1-9-17-28-26(2)22-24-30-34(28)36(3,4)32(38(30)7)20-13-11-10-12-14-21-33-37(5,6)35-29-19-16-15-18-27(29)23-25-31(35)39(33)8/h9-25,32H,1-8H3/b11-10+,14-12+,17-9-,20-13+,33-21+. The number of fused-ring (bicyclic) bond motifs is 4. The smallest absolute Gasteiger partial charge is 0.0565 e. The van der Waals surface area contributed by atoms with Crippen molar-refractivity contribution in [1.82, 2.24) is 0 Å². The molecule has 0 fully saturated rings.